The molecule has 0 amide bonds. The minimum Gasteiger partial charge on any atom is -0.299 e. The smallest absolute Gasteiger partial charge is 0.140 e. The number of Topliss-reactive ketones (excluding diaryl/α,β-unsaturated/α-hetero) is 1. The second-order valence-electron chi connectivity index (χ2n) is 3.93. The van der Waals surface area contributed by atoms with Gasteiger partial charge in [0.05, 0.1) is 0 Å². The van der Waals surface area contributed by atoms with Crippen LogP contribution in [0.3, 0.4) is 0 Å². The van der Waals surface area contributed by atoms with Crippen LogP contribution in [0.5, 0.6) is 0 Å². The Bertz CT molecular complexity index is 387. The number of rotatable bonds is 1. The van der Waals surface area contributed by atoms with Crippen molar-refractivity contribution in [2.45, 2.75) is 31.6 Å². The zero-order valence-electron chi connectivity index (χ0n) is 8.30. The van der Waals surface area contributed by atoms with Gasteiger partial charge in [0.15, 0.2) is 0 Å². The molecule has 0 heterocycles. The van der Waals surface area contributed by atoms with E-state index < -0.39 is 0 Å². The Balaban J connectivity index is 2.31. The summed E-state index contributed by atoms with van der Waals surface area (Å²) in [5.74, 6) is 0.300. The molecular formula is C12H12Cl2O. The molecule has 15 heavy (non-hydrogen) atoms. The Morgan fingerprint density at radius 3 is 2.67 bits per heavy atom. The Hall–Kier alpha value is -0.530. The molecule has 2 rings (SSSR count). The first-order chi connectivity index (χ1) is 7.18. The molecule has 80 valence electrons. The summed E-state index contributed by atoms with van der Waals surface area (Å²) in [5, 5.41) is 1.23. The van der Waals surface area contributed by atoms with E-state index >= 15 is 0 Å². The van der Waals surface area contributed by atoms with Crippen LogP contribution in [0.4, 0.5) is 0 Å². The second-order valence-corrected chi connectivity index (χ2v) is 4.77. The zero-order valence-corrected chi connectivity index (χ0v) is 9.81. The summed E-state index contributed by atoms with van der Waals surface area (Å²) in [6.45, 7) is 0. The number of ketones is 1. The highest BCUT2D eigenvalue weighted by Gasteiger charge is 2.25. The van der Waals surface area contributed by atoms with E-state index in [0.29, 0.717) is 22.2 Å². The molecule has 0 aromatic heterocycles. The standard InChI is InChI=1S/C12H12Cl2O/c13-8-5-6-9(11(14)7-8)10-3-1-2-4-12(10)15/h5-7,10H,1-4H2. The number of carbonyl (C=O) groups excluding carboxylic acids is 1. The third-order valence-corrected chi connectivity index (χ3v) is 3.45. The van der Waals surface area contributed by atoms with E-state index in [-0.39, 0.29) is 5.92 Å². The maximum atomic E-state index is 11.7. The van der Waals surface area contributed by atoms with Gasteiger partial charge in [-0.05, 0) is 30.5 Å². The summed E-state index contributed by atoms with van der Waals surface area (Å²) in [5.41, 5.74) is 0.936. The van der Waals surface area contributed by atoms with Gasteiger partial charge in [0.2, 0.25) is 0 Å². The first kappa shape index (κ1) is 11.0. The third-order valence-electron chi connectivity index (χ3n) is 2.89. The lowest BCUT2D eigenvalue weighted by molar-refractivity contribution is -0.121. The van der Waals surface area contributed by atoms with Crippen molar-refractivity contribution >= 4 is 29.0 Å². The van der Waals surface area contributed by atoms with Crippen LogP contribution in [0.25, 0.3) is 0 Å². The van der Waals surface area contributed by atoms with E-state index in [0.717, 1.165) is 24.8 Å². The van der Waals surface area contributed by atoms with Crippen LogP contribution in [-0.2, 0) is 4.79 Å². The van der Waals surface area contributed by atoms with Gasteiger partial charge in [0, 0.05) is 22.4 Å². The van der Waals surface area contributed by atoms with Crippen molar-refractivity contribution in [3.05, 3.63) is 33.8 Å². The average Bonchev–Trinajstić information content (AvgIpc) is 2.20. The van der Waals surface area contributed by atoms with Gasteiger partial charge in [-0.15, -0.1) is 0 Å². The maximum absolute atomic E-state index is 11.7. The highest BCUT2D eigenvalue weighted by Crippen LogP contribution is 2.35. The van der Waals surface area contributed by atoms with Crippen molar-refractivity contribution in [1.82, 2.24) is 0 Å². The van der Waals surface area contributed by atoms with Crippen molar-refractivity contribution in [1.29, 1.82) is 0 Å². The van der Waals surface area contributed by atoms with E-state index in [9.17, 15) is 4.79 Å². The van der Waals surface area contributed by atoms with Gasteiger partial charge in [0.25, 0.3) is 0 Å². The molecule has 3 heteroatoms. The molecule has 0 spiro atoms. The summed E-state index contributed by atoms with van der Waals surface area (Å²) in [4.78, 5) is 11.7. The van der Waals surface area contributed by atoms with Crippen LogP contribution in [-0.4, -0.2) is 5.78 Å². The van der Waals surface area contributed by atoms with Crippen LogP contribution in [0.15, 0.2) is 18.2 Å². The largest absolute Gasteiger partial charge is 0.299 e. The SMILES string of the molecule is O=C1CCCCC1c1ccc(Cl)cc1Cl. The van der Waals surface area contributed by atoms with Crippen LogP contribution in [0.2, 0.25) is 10.0 Å². The van der Waals surface area contributed by atoms with E-state index in [1.165, 1.54) is 0 Å². The summed E-state index contributed by atoms with van der Waals surface area (Å²) in [7, 11) is 0. The van der Waals surface area contributed by atoms with E-state index in [2.05, 4.69) is 0 Å². The predicted molar refractivity (Wildman–Crippen MR) is 62.7 cm³/mol. The fourth-order valence-corrected chi connectivity index (χ4v) is 2.64. The molecule has 1 aliphatic carbocycles. The van der Waals surface area contributed by atoms with Crippen molar-refractivity contribution in [3.63, 3.8) is 0 Å². The molecule has 0 radical (unpaired) electrons. The minimum atomic E-state index is -0.0106. The van der Waals surface area contributed by atoms with E-state index in [4.69, 9.17) is 23.2 Å². The third kappa shape index (κ3) is 2.35. The van der Waals surface area contributed by atoms with Gasteiger partial charge in [-0.25, -0.2) is 0 Å². The second kappa shape index (κ2) is 4.54. The fraction of sp³-hybridized carbons (Fsp3) is 0.417. The van der Waals surface area contributed by atoms with Crippen molar-refractivity contribution < 1.29 is 4.79 Å². The summed E-state index contributed by atoms with van der Waals surface area (Å²) < 4.78 is 0. The number of halogens is 2. The lowest BCUT2D eigenvalue weighted by Crippen LogP contribution is -2.17. The molecular weight excluding hydrogens is 231 g/mol. The summed E-state index contributed by atoms with van der Waals surface area (Å²) >= 11 is 11.9. The van der Waals surface area contributed by atoms with Gasteiger partial charge in [-0.1, -0.05) is 35.7 Å². The molecule has 1 aromatic carbocycles. The van der Waals surface area contributed by atoms with Gasteiger partial charge >= 0.3 is 0 Å². The van der Waals surface area contributed by atoms with Crippen LogP contribution in [0.1, 0.15) is 37.2 Å². The molecule has 1 aromatic rings. The molecule has 1 nitrogen and oxygen atoms in total. The van der Waals surface area contributed by atoms with Crippen LogP contribution >= 0.6 is 23.2 Å². The highest BCUT2D eigenvalue weighted by molar-refractivity contribution is 6.35. The zero-order chi connectivity index (χ0) is 10.8. The monoisotopic (exact) mass is 242 g/mol. The predicted octanol–water partition coefficient (Wildman–Crippen LogP) is 4.22. The quantitative estimate of drug-likeness (QED) is 0.721. The first-order valence-electron chi connectivity index (χ1n) is 5.16. The van der Waals surface area contributed by atoms with Crippen LogP contribution in [0, 0.1) is 0 Å². The molecule has 0 saturated heterocycles. The molecule has 0 aliphatic heterocycles. The molecule has 1 saturated carbocycles. The lowest BCUT2D eigenvalue weighted by atomic mass is 9.83. The molecule has 1 fully saturated rings. The van der Waals surface area contributed by atoms with Gasteiger partial charge in [-0.3, -0.25) is 4.79 Å². The fourth-order valence-electron chi connectivity index (χ4n) is 2.10. The lowest BCUT2D eigenvalue weighted by Gasteiger charge is -2.21. The van der Waals surface area contributed by atoms with Gasteiger partial charge in [-0.2, -0.15) is 0 Å². The molecule has 1 aliphatic rings. The Labute approximate surface area is 99.4 Å². The Morgan fingerprint density at radius 1 is 1.20 bits per heavy atom. The van der Waals surface area contributed by atoms with Crippen molar-refractivity contribution in [2.75, 3.05) is 0 Å². The maximum Gasteiger partial charge on any atom is 0.140 e. The number of hydrogen-bond acceptors (Lipinski definition) is 1. The average molecular weight is 243 g/mol. The topological polar surface area (TPSA) is 17.1 Å². The number of carbonyl (C=O) groups is 1. The van der Waals surface area contributed by atoms with Crippen molar-refractivity contribution in [3.8, 4) is 0 Å². The Morgan fingerprint density at radius 2 is 2.00 bits per heavy atom. The number of hydrogen-bond donors (Lipinski definition) is 0. The summed E-state index contributed by atoms with van der Waals surface area (Å²) in [6, 6.07) is 5.38. The minimum absolute atomic E-state index is 0.0106. The summed E-state index contributed by atoms with van der Waals surface area (Å²) in [6.07, 6.45) is 3.72. The number of benzene rings is 1. The first-order valence-corrected chi connectivity index (χ1v) is 5.92. The van der Waals surface area contributed by atoms with E-state index in [1.54, 1.807) is 12.1 Å². The highest BCUT2D eigenvalue weighted by atomic mass is 35.5. The Kier molecular flexibility index (Phi) is 3.32. The van der Waals surface area contributed by atoms with Gasteiger partial charge in [0.1, 0.15) is 5.78 Å². The van der Waals surface area contributed by atoms with Crippen LogP contribution < -0.4 is 0 Å². The van der Waals surface area contributed by atoms with Gasteiger partial charge < -0.3 is 0 Å². The van der Waals surface area contributed by atoms with E-state index in [1.807, 2.05) is 6.07 Å². The molecule has 1 unspecified atom stereocenters. The molecule has 0 bridgehead atoms. The molecule has 1 atom stereocenters. The normalized spacial score (nSPS) is 21.7. The molecule has 0 N–H and O–H groups in total. The van der Waals surface area contributed by atoms with Crippen molar-refractivity contribution in [2.24, 2.45) is 0 Å².